The summed E-state index contributed by atoms with van der Waals surface area (Å²) >= 11 is 14.4. The third-order valence-corrected chi connectivity index (χ3v) is 13.3. The number of carbonyl (C=O) groups is 4. The highest BCUT2D eigenvalue weighted by Gasteiger charge is 2.77. The third kappa shape index (κ3) is 5.62. The van der Waals surface area contributed by atoms with E-state index in [4.69, 9.17) is 32.7 Å². The molecule has 4 aromatic rings. The maximum absolute atomic E-state index is 15.3. The molecule has 2 aliphatic heterocycles. The van der Waals surface area contributed by atoms with E-state index in [0.717, 1.165) is 10.5 Å². The number of benzene rings is 4. The molecular formula is C43H31Cl2F5N2O7. The molecule has 2 saturated heterocycles. The Morgan fingerprint density at radius 1 is 0.780 bits per heavy atom. The van der Waals surface area contributed by atoms with Gasteiger partial charge in [-0.05, 0) is 67.1 Å². The van der Waals surface area contributed by atoms with Crippen molar-refractivity contribution in [2.24, 2.45) is 17.8 Å². The number of rotatable bonds is 7. The van der Waals surface area contributed by atoms with Crippen LogP contribution in [0.25, 0.3) is 12.2 Å². The molecule has 8 rings (SSSR count). The number of aromatic hydroxyl groups is 1. The number of ether oxygens (including phenoxy) is 2. The third-order valence-electron chi connectivity index (χ3n) is 11.8. The highest BCUT2D eigenvalue weighted by molar-refractivity contribution is 6.58. The zero-order valence-corrected chi connectivity index (χ0v) is 32.7. The number of methoxy groups -OCH3 is 2. The fourth-order valence-electron chi connectivity index (χ4n) is 8.97. The van der Waals surface area contributed by atoms with Crippen molar-refractivity contribution in [3.05, 3.63) is 124 Å². The molecule has 304 valence electrons. The molecule has 4 aromatic carbocycles. The second kappa shape index (κ2) is 14.2. The van der Waals surface area contributed by atoms with E-state index in [1.54, 1.807) is 60.7 Å². The Kier molecular flexibility index (Phi) is 9.66. The van der Waals surface area contributed by atoms with Crippen molar-refractivity contribution in [1.82, 2.24) is 0 Å². The topological polar surface area (TPSA) is 113 Å². The Morgan fingerprint density at radius 2 is 1.44 bits per heavy atom. The Hall–Kier alpha value is -5.73. The van der Waals surface area contributed by atoms with Crippen LogP contribution in [0.4, 0.5) is 33.3 Å². The Morgan fingerprint density at radius 3 is 2.08 bits per heavy atom. The van der Waals surface area contributed by atoms with E-state index >= 15 is 8.78 Å². The number of phenolic OH excluding ortho intramolecular Hbond substituents is 1. The van der Waals surface area contributed by atoms with Crippen molar-refractivity contribution < 1.29 is 55.7 Å². The Bertz CT molecular complexity index is 2560. The highest BCUT2D eigenvalue weighted by atomic mass is 35.5. The lowest BCUT2D eigenvalue weighted by Gasteiger charge is -2.50. The highest BCUT2D eigenvalue weighted by Crippen LogP contribution is 2.67. The lowest BCUT2D eigenvalue weighted by molar-refractivity contribution is -0.125. The molecule has 4 amide bonds. The number of amides is 4. The van der Waals surface area contributed by atoms with Gasteiger partial charge in [-0.15, -0.1) is 23.2 Å². The first-order valence-electron chi connectivity index (χ1n) is 18.2. The molecule has 2 aliphatic carbocycles. The van der Waals surface area contributed by atoms with Crippen LogP contribution in [0.2, 0.25) is 0 Å². The van der Waals surface area contributed by atoms with Gasteiger partial charge in [-0.25, -0.2) is 26.9 Å². The van der Waals surface area contributed by atoms with Crippen molar-refractivity contribution in [2.75, 3.05) is 24.0 Å². The molecule has 16 heteroatoms. The zero-order chi connectivity index (χ0) is 42.5. The number of allylic oxidation sites excluding steroid dienone is 2. The molecule has 4 aliphatic rings. The van der Waals surface area contributed by atoms with Crippen LogP contribution in [0.3, 0.4) is 0 Å². The van der Waals surface area contributed by atoms with Crippen molar-refractivity contribution in [1.29, 1.82) is 0 Å². The summed E-state index contributed by atoms with van der Waals surface area (Å²) in [6, 6.07) is 16.2. The first kappa shape index (κ1) is 40.1. The predicted molar refractivity (Wildman–Crippen MR) is 207 cm³/mol. The van der Waals surface area contributed by atoms with E-state index in [0.29, 0.717) is 17.1 Å². The van der Waals surface area contributed by atoms with Gasteiger partial charge >= 0.3 is 0 Å². The maximum atomic E-state index is 15.3. The van der Waals surface area contributed by atoms with E-state index in [2.05, 4.69) is 0 Å². The lowest BCUT2D eigenvalue weighted by Crippen LogP contribution is -2.60. The van der Waals surface area contributed by atoms with Crippen LogP contribution in [0, 0.1) is 53.8 Å². The molecule has 1 N–H and O–H groups in total. The average Bonchev–Trinajstić information content (AvgIpc) is 3.57. The molecule has 0 spiro atoms. The molecule has 0 bridgehead atoms. The summed E-state index contributed by atoms with van der Waals surface area (Å²) in [5, 5.41) is 11.4. The minimum atomic E-state index is -2.75. The van der Waals surface area contributed by atoms with Gasteiger partial charge in [0.15, 0.2) is 33.0 Å². The first-order chi connectivity index (χ1) is 28.0. The molecule has 0 radical (unpaired) electrons. The smallest absolute Gasteiger partial charge is 0.258 e. The standard InChI is InChI=1S/C43H31Cl2F5N2O7/c1-19-5-4-6-26(37(19)53)30-24-14-15-25-29(27(24)18-42(44)40(56)52(41(57)43(30,42)45)36-34(49)32(47)31(46)33(48)35(36)50)39(55)51(38(25)54)22-11-8-20(9-12-22)7-10-21-17-23(58-2)13-16-28(21)59-3/h4-14,16-17,25,27,29-30,53H,15,18H2,1-3H3. The van der Waals surface area contributed by atoms with Crippen LogP contribution in [0.15, 0.2) is 72.3 Å². The Labute approximate surface area is 343 Å². The predicted octanol–water partition coefficient (Wildman–Crippen LogP) is 8.35. The summed E-state index contributed by atoms with van der Waals surface area (Å²) in [7, 11) is 3.08. The van der Waals surface area contributed by atoms with E-state index < -0.39 is 104 Å². The number of halogens is 7. The van der Waals surface area contributed by atoms with Gasteiger partial charge in [-0.1, -0.05) is 54.1 Å². The number of para-hydroxylation sites is 1. The molecule has 2 heterocycles. The SMILES string of the molecule is COc1ccc(OC)c(C=Cc2ccc(N3C(=O)C4CC=C5C(CC6(Cl)C(=O)N(c7c(F)c(F)c(F)c(F)c7F)C(=O)C6(Cl)C5c5cccc(C)c5O)C4C3=O)cc2)c1. The summed E-state index contributed by atoms with van der Waals surface area (Å²) in [5.41, 5.74) is 0.219. The normalized spacial score (nSPS) is 26.3. The average molecular weight is 854 g/mol. The first-order valence-corrected chi connectivity index (χ1v) is 18.9. The van der Waals surface area contributed by atoms with Gasteiger partial charge < -0.3 is 14.6 Å². The second-order valence-corrected chi connectivity index (χ2v) is 16.0. The summed E-state index contributed by atoms with van der Waals surface area (Å²) in [4.78, 5) is 52.9. The Balaban J connectivity index is 1.19. The fraction of sp³-hybridized carbons (Fsp3) is 0.256. The zero-order valence-electron chi connectivity index (χ0n) is 31.2. The number of nitrogens with zero attached hydrogens (tertiary/aromatic N) is 2. The summed E-state index contributed by atoms with van der Waals surface area (Å²) in [5.74, 6) is -21.0. The monoisotopic (exact) mass is 852 g/mol. The molecule has 3 fully saturated rings. The van der Waals surface area contributed by atoms with Crippen molar-refractivity contribution >= 4 is 70.4 Å². The molecular weight excluding hydrogens is 822 g/mol. The summed E-state index contributed by atoms with van der Waals surface area (Å²) in [6.07, 6.45) is 4.43. The molecule has 0 aromatic heterocycles. The molecule has 6 atom stereocenters. The number of anilines is 2. The molecule has 1 saturated carbocycles. The van der Waals surface area contributed by atoms with Crippen LogP contribution in [0.1, 0.15) is 41.0 Å². The van der Waals surface area contributed by atoms with Crippen molar-refractivity contribution in [3.8, 4) is 17.2 Å². The molecule has 9 nitrogen and oxygen atoms in total. The largest absolute Gasteiger partial charge is 0.507 e. The molecule has 6 unspecified atom stereocenters. The number of imide groups is 2. The van der Waals surface area contributed by atoms with Gasteiger partial charge in [0.1, 0.15) is 22.9 Å². The second-order valence-electron chi connectivity index (χ2n) is 14.8. The van der Waals surface area contributed by atoms with Gasteiger partial charge in [-0.2, -0.15) is 0 Å². The van der Waals surface area contributed by atoms with Gasteiger partial charge in [0.05, 0.1) is 31.7 Å². The minimum Gasteiger partial charge on any atom is -0.507 e. The van der Waals surface area contributed by atoms with Crippen LogP contribution in [-0.4, -0.2) is 52.7 Å². The quantitative estimate of drug-likeness (QED) is 0.0379. The van der Waals surface area contributed by atoms with Gasteiger partial charge in [0, 0.05) is 17.0 Å². The summed E-state index contributed by atoms with van der Waals surface area (Å²) in [6.45, 7) is 1.52. The van der Waals surface area contributed by atoms with Gasteiger partial charge in [0.25, 0.3) is 11.8 Å². The summed E-state index contributed by atoms with van der Waals surface area (Å²) < 4.78 is 84.6. The van der Waals surface area contributed by atoms with E-state index in [-0.39, 0.29) is 33.7 Å². The van der Waals surface area contributed by atoms with Crippen LogP contribution in [-0.2, 0) is 19.2 Å². The van der Waals surface area contributed by atoms with E-state index in [1.807, 2.05) is 0 Å². The number of alkyl halides is 2. The fourth-order valence-corrected chi connectivity index (χ4v) is 9.90. The van der Waals surface area contributed by atoms with Gasteiger partial charge in [-0.3, -0.25) is 24.1 Å². The number of fused-ring (bicyclic) bond motifs is 4. The van der Waals surface area contributed by atoms with Crippen LogP contribution in [0.5, 0.6) is 17.2 Å². The van der Waals surface area contributed by atoms with Crippen LogP contribution < -0.4 is 19.3 Å². The number of hydrogen-bond acceptors (Lipinski definition) is 7. The minimum absolute atomic E-state index is 0.0599. The van der Waals surface area contributed by atoms with Crippen LogP contribution >= 0.6 is 23.2 Å². The maximum Gasteiger partial charge on any atom is 0.258 e. The number of hydrogen-bond donors (Lipinski definition) is 1. The number of phenols is 1. The number of carbonyl (C=O) groups excluding carboxylic acids is 4. The van der Waals surface area contributed by atoms with E-state index in [9.17, 15) is 37.5 Å². The van der Waals surface area contributed by atoms with Gasteiger partial charge in [0.2, 0.25) is 17.6 Å². The molecule has 59 heavy (non-hydrogen) atoms. The number of aryl methyl sites for hydroxylation is 1. The van der Waals surface area contributed by atoms with E-state index in [1.165, 1.54) is 39.3 Å². The van der Waals surface area contributed by atoms with Crippen molar-refractivity contribution in [3.63, 3.8) is 0 Å². The lowest BCUT2D eigenvalue weighted by atomic mass is 9.56. The van der Waals surface area contributed by atoms with Crippen molar-refractivity contribution in [2.45, 2.75) is 35.4 Å².